The van der Waals surface area contributed by atoms with Gasteiger partial charge >= 0.3 is 5.97 Å². The Morgan fingerprint density at radius 3 is 2.21 bits per heavy atom. The van der Waals surface area contributed by atoms with Gasteiger partial charge in [-0.3, -0.25) is 4.72 Å². The Bertz CT molecular complexity index is 1210. The van der Waals surface area contributed by atoms with Crippen molar-refractivity contribution in [2.45, 2.75) is 31.6 Å². The number of nitrogens with one attached hydrogen (secondary N) is 3. The van der Waals surface area contributed by atoms with Crippen LogP contribution in [0.4, 0.5) is 17.2 Å². The largest absolute Gasteiger partial charge is 0.462 e. The van der Waals surface area contributed by atoms with Gasteiger partial charge in [-0.2, -0.15) is 0 Å². The SMILES string of the molecule is CCCCOC(=O)c1ccc(NC(=S)Nc2ccc(S(=O)(=O)Nc3cc(C)on3)cc2)cc1. The number of nitrogens with zero attached hydrogens (tertiary/aromatic N) is 1. The smallest absolute Gasteiger partial charge is 0.338 e. The highest BCUT2D eigenvalue weighted by molar-refractivity contribution is 7.92. The topological polar surface area (TPSA) is 123 Å². The lowest BCUT2D eigenvalue weighted by atomic mass is 10.2. The van der Waals surface area contributed by atoms with E-state index in [-0.39, 0.29) is 16.7 Å². The maximum Gasteiger partial charge on any atom is 0.338 e. The van der Waals surface area contributed by atoms with Gasteiger partial charge in [0.1, 0.15) is 5.76 Å². The minimum absolute atomic E-state index is 0.0639. The molecule has 0 aliphatic carbocycles. The Hall–Kier alpha value is -3.44. The lowest BCUT2D eigenvalue weighted by molar-refractivity contribution is 0.0499. The van der Waals surface area contributed by atoms with Gasteiger partial charge in [0.15, 0.2) is 10.9 Å². The number of thiocarbonyl (C=S) groups is 1. The predicted molar refractivity (Wildman–Crippen MR) is 130 cm³/mol. The number of unbranched alkanes of at least 4 members (excludes halogenated alkanes) is 1. The van der Waals surface area contributed by atoms with Crippen LogP contribution < -0.4 is 15.4 Å². The third-order valence-corrected chi connectivity index (χ3v) is 5.97. The molecular formula is C22H24N4O5S2. The molecule has 3 rings (SSSR count). The summed E-state index contributed by atoms with van der Waals surface area (Å²) in [7, 11) is -3.80. The van der Waals surface area contributed by atoms with E-state index in [1.807, 2.05) is 6.92 Å². The molecule has 0 fully saturated rings. The molecule has 0 amide bonds. The maximum absolute atomic E-state index is 12.5. The summed E-state index contributed by atoms with van der Waals surface area (Å²) < 4.78 is 37.3. The van der Waals surface area contributed by atoms with Crippen molar-refractivity contribution >= 4 is 50.5 Å². The van der Waals surface area contributed by atoms with Crippen LogP contribution in [0, 0.1) is 6.92 Å². The van der Waals surface area contributed by atoms with Crippen LogP contribution in [0.3, 0.4) is 0 Å². The normalized spacial score (nSPS) is 11.0. The van der Waals surface area contributed by atoms with Crippen molar-refractivity contribution in [3.05, 3.63) is 65.9 Å². The number of sulfonamides is 1. The second-order valence-electron chi connectivity index (χ2n) is 7.10. The molecule has 0 saturated heterocycles. The number of carbonyl (C=O) groups excluding carboxylic acids is 1. The van der Waals surface area contributed by atoms with Crippen molar-refractivity contribution in [2.75, 3.05) is 22.0 Å². The van der Waals surface area contributed by atoms with Gasteiger partial charge in [0, 0.05) is 17.4 Å². The first-order chi connectivity index (χ1) is 15.8. The quantitative estimate of drug-likeness (QED) is 0.226. The Balaban J connectivity index is 1.54. The van der Waals surface area contributed by atoms with Crippen LogP contribution in [-0.2, 0) is 14.8 Å². The van der Waals surface area contributed by atoms with E-state index < -0.39 is 10.0 Å². The fourth-order valence-corrected chi connectivity index (χ4v) is 3.92. The number of anilines is 3. The molecule has 1 heterocycles. The monoisotopic (exact) mass is 488 g/mol. The highest BCUT2D eigenvalue weighted by Crippen LogP contribution is 2.19. The minimum Gasteiger partial charge on any atom is -0.462 e. The molecule has 0 bridgehead atoms. The molecule has 0 aliphatic rings. The van der Waals surface area contributed by atoms with Gasteiger partial charge in [-0.15, -0.1) is 0 Å². The Labute approximate surface area is 197 Å². The van der Waals surface area contributed by atoms with Crippen LogP contribution >= 0.6 is 12.2 Å². The number of hydrogen-bond acceptors (Lipinski definition) is 7. The summed E-state index contributed by atoms with van der Waals surface area (Å²) in [5.41, 5.74) is 1.74. The number of esters is 1. The summed E-state index contributed by atoms with van der Waals surface area (Å²) in [6.45, 7) is 4.10. The summed E-state index contributed by atoms with van der Waals surface area (Å²) in [5, 5.41) is 9.92. The fourth-order valence-electron chi connectivity index (χ4n) is 2.70. The number of hydrogen-bond donors (Lipinski definition) is 3. The van der Waals surface area contributed by atoms with Crippen molar-refractivity contribution in [2.24, 2.45) is 0 Å². The lowest BCUT2D eigenvalue weighted by Crippen LogP contribution is -2.19. The van der Waals surface area contributed by atoms with Gasteiger partial charge in [0.05, 0.1) is 17.1 Å². The first kappa shape index (κ1) is 24.2. The van der Waals surface area contributed by atoms with E-state index in [1.54, 1.807) is 43.3 Å². The van der Waals surface area contributed by atoms with Gasteiger partial charge in [-0.1, -0.05) is 18.5 Å². The number of rotatable bonds is 9. The Morgan fingerprint density at radius 1 is 1.06 bits per heavy atom. The molecule has 0 atom stereocenters. The standard InChI is InChI=1S/C22H24N4O5S2/c1-3-4-13-30-21(27)16-5-7-17(8-6-16)23-22(32)24-18-9-11-19(12-10-18)33(28,29)26-20-14-15(2)31-25-20/h5-12,14H,3-4,13H2,1-2H3,(H,25,26)(H2,23,24,32). The lowest BCUT2D eigenvalue weighted by Gasteiger charge is -2.12. The molecule has 33 heavy (non-hydrogen) atoms. The number of aromatic nitrogens is 1. The minimum atomic E-state index is -3.80. The van der Waals surface area contributed by atoms with Crippen LogP contribution in [0.2, 0.25) is 0 Å². The second-order valence-corrected chi connectivity index (χ2v) is 9.19. The van der Waals surface area contributed by atoms with Crippen molar-refractivity contribution in [1.29, 1.82) is 0 Å². The molecule has 0 aliphatic heterocycles. The molecule has 0 saturated carbocycles. The van der Waals surface area contributed by atoms with Crippen LogP contribution in [0.1, 0.15) is 35.9 Å². The summed E-state index contributed by atoms with van der Waals surface area (Å²) in [4.78, 5) is 12.0. The zero-order chi connectivity index (χ0) is 23.8. The molecule has 3 N–H and O–H groups in total. The highest BCUT2D eigenvalue weighted by atomic mass is 32.2. The molecule has 0 unspecified atom stereocenters. The summed E-state index contributed by atoms with van der Waals surface area (Å²) in [5.74, 6) is 0.244. The van der Waals surface area contributed by atoms with E-state index in [0.29, 0.717) is 34.4 Å². The van der Waals surface area contributed by atoms with E-state index in [2.05, 4.69) is 20.5 Å². The van der Waals surface area contributed by atoms with Crippen LogP contribution in [-0.4, -0.2) is 31.3 Å². The second kappa shape index (κ2) is 10.9. The maximum atomic E-state index is 12.5. The molecule has 2 aromatic carbocycles. The molecular weight excluding hydrogens is 464 g/mol. The van der Waals surface area contributed by atoms with Crippen molar-refractivity contribution in [3.8, 4) is 0 Å². The molecule has 3 aromatic rings. The zero-order valence-corrected chi connectivity index (χ0v) is 19.8. The van der Waals surface area contributed by atoms with Crippen LogP contribution in [0.5, 0.6) is 0 Å². The molecule has 9 nitrogen and oxygen atoms in total. The summed E-state index contributed by atoms with van der Waals surface area (Å²) in [6, 6.07) is 14.3. The number of carbonyl (C=O) groups is 1. The summed E-state index contributed by atoms with van der Waals surface area (Å²) >= 11 is 5.31. The first-order valence-corrected chi connectivity index (χ1v) is 12.1. The van der Waals surface area contributed by atoms with Gasteiger partial charge in [-0.25, -0.2) is 13.2 Å². The van der Waals surface area contributed by atoms with Gasteiger partial charge < -0.3 is 19.9 Å². The number of ether oxygens (including phenoxy) is 1. The Morgan fingerprint density at radius 2 is 1.67 bits per heavy atom. The zero-order valence-electron chi connectivity index (χ0n) is 18.1. The van der Waals surface area contributed by atoms with Crippen molar-refractivity contribution in [1.82, 2.24) is 5.16 Å². The third-order valence-electron chi connectivity index (χ3n) is 4.40. The summed E-state index contributed by atoms with van der Waals surface area (Å²) in [6.07, 6.45) is 1.79. The van der Waals surface area contributed by atoms with Crippen LogP contribution in [0.25, 0.3) is 0 Å². The fraction of sp³-hybridized carbons (Fsp3) is 0.227. The number of aryl methyl sites for hydroxylation is 1. The van der Waals surface area contributed by atoms with E-state index in [9.17, 15) is 13.2 Å². The van der Waals surface area contributed by atoms with Gasteiger partial charge in [-0.05, 0) is 74.1 Å². The van der Waals surface area contributed by atoms with E-state index in [0.717, 1.165) is 12.8 Å². The highest BCUT2D eigenvalue weighted by Gasteiger charge is 2.16. The van der Waals surface area contributed by atoms with Crippen molar-refractivity contribution < 1.29 is 22.5 Å². The average Bonchev–Trinajstić information content (AvgIpc) is 3.18. The Kier molecular flexibility index (Phi) is 8.01. The third kappa shape index (κ3) is 7.02. The molecule has 0 radical (unpaired) electrons. The molecule has 1 aromatic heterocycles. The average molecular weight is 489 g/mol. The van der Waals surface area contributed by atoms with E-state index in [1.165, 1.54) is 18.2 Å². The van der Waals surface area contributed by atoms with Gasteiger partial charge in [0.25, 0.3) is 10.0 Å². The molecule has 0 spiro atoms. The van der Waals surface area contributed by atoms with E-state index in [4.69, 9.17) is 21.5 Å². The predicted octanol–water partition coefficient (Wildman–Crippen LogP) is 4.55. The van der Waals surface area contributed by atoms with Crippen LogP contribution in [0.15, 0.2) is 64.0 Å². The van der Waals surface area contributed by atoms with E-state index >= 15 is 0 Å². The first-order valence-electron chi connectivity index (χ1n) is 10.2. The van der Waals surface area contributed by atoms with Crippen molar-refractivity contribution in [3.63, 3.8) is 0 Å². The molecule has 11 heteroatoms. The van der Waals surface area contributed by atoms with Gasteiger partial charge in [0.2, 0.25) is 0 Å². The molecule has 174 valence electrons. The number of benzene rings is 2.